The molecule has 1 amide bonds. The zero-order valence-electron chi connectivity index (χ0n) is 13.9. The fourth-order valence-corrected chi connectivity index (χ4v) is 2.39. The van der Waals surface area contributed by atoms with Gasteiger partial charge in [0, 0.05) is 13.1 Å². The average Bonchev–Trinajstić information content (AvgIpc) is 2.64. The van der Waals surface area contributed by atoms with Crippen LogP contribution in [0.5, 0.6) is 5.75 Å². The van der Waals surface area contributed by atoms with Gasteiger partial charge in [-0.1, -0.05) is 49.4 Å². The first-order chi connectivity index (χ1) is 11.8. The molecule has 0 N–H and O–H groups in total. The summed E-state index contributed by atoms with van der Waals surface area (Å²) < 4.78 is 5.70. The molecule has 0 aliphatic heterocycles. The number of rotatable bonds is 8. The molecule has 2 aromatic rings. The second-order valence-electron chi connectivity index (χ2n) is 5.47. The number of amides is 1. The van der Waals surface area contributed by atoms with Crippen molar-refractivity contribution in [1.29, 1.82) is 5.26 Å². The Bertz CT molecular complexity index is 692. The van der Waals surface area contributed by atoms with E-state index < -0.39 is 0 Å². The number of hydrogen-bond donors (Lipinski definition) is 0. The molecule has 0 unspecified atom stereocenters. The monoisotopic (exact) mass is 322 g/mol. The summed E-state index contributed by atoms with van der Waals surface area (Å²) in [5.41, 5.74) is 1.58. The van der Waals surface area contributed by atoms with E-state index in [0.717, 1.165) is 12.0 Å². The molecule has 0 spiro atoms. The van der Waals surface area contributed by atoms with Crippen molar-refractivity contribution in [3.63, 3.8) is 0 Å². The summed E-state index contributed by atoms with van der Waals surface area (Å²) in [4.78, 5) is 14.7. The third kappa shape index (κ3) is 4.85. The van der Waals surface area contributed by atoms with Crippen LogP contribution in [0, 0.1) is 11.3 Å². The summed E-state index contributed by atoms with van der Waals surface area (Å²) in [6, 6.07) is 19.2. The molecular weight excluding hydrogens is 300 g/mol. The largest absolute Gasteiger partial charge is 0.493 e. The van der Waals surface area contributed by atoms with Gasteiger partial charge in [-0.05, 0) is 24.1 Å². The van der Waals surface area contributed by atoms with E-state index in [1.807, 2.05) is 55.5 Å². The van der Waals surface area contributed by atoms with E-state index in [-0.39, 0.29) is 5.91 Å². The van der Waals surface area contributed by atoms with E-state index in [0.29, 0.717) is 37.4 Å². The summed E-state index contributed by atoms with van der Waals surface area (Å²) >= 11 is 0. The van der Waals surface area contributed by atoms with Gasteiger partial charge >= 0.3 is 0 Å². The molecule has 0 bridgehead atoms. The maximum absolute atomic E-state index is 13.0. The first-order valence-corrected chi connectivity index (χ1v) is 8.18. The van der Waals surface area contributed by atoms with E-state index in [1.165, 1.54) is 0 Å². The summed E-state index contributed by atoms with van der Waals surface area (Å²) in [6.45, 7) is 3.47. The highest BCUT2D eigenvalue weighted by Crippen LogP contribution is 2.21. The van der Waals surface area contributed by atoms with Gasteiger partial charge in [0.05, 0.1) is 24.7 Å². The first kappa shape index (κ1) is 17.6. The summed E-state index contributed by atoms with van der Waals surface area (Å²) in [5, 5.41) is 8.89. The molecular formula is C20H22N2O2. The standard InChI is InChI=1S/C20H22N2O2/c1-2-15-24-19-12-7-6-11-18(19)20(23)22(14-8-13-21)16-17-9-4-3-5-10-17/h3-7,9-12H,2,8,14-16H2,1H3. The Morgan fingerprint density at radius 1 is 1.12 bits per heavy atom. The highest BCUT2D eigenvalue weighted by atomic mass is 16.5. The van der Waals surface area contributed by atoms with Crippen LogP contribution in [-0.4, -0.2) is 24.0 Å². The predicted octanol–water partition coefficient (Wildman–Crippen LogP) is 4.03. The van der Waals surface area contributed by atoms with E-state index in [9.17, 15) is 4.79 Å². The van der Waals surface area contributed by atoms with Crippen LogP contribution in [0.2, 0.25) is 0 Å². The van der Waals surface area contributed by atoms with Crippen LogP contribution in [0.15, 0.2) is 54.6 Å². The molecule has 2 aromatic carbocycles. The minimum absolute atomic E-state index is 0.110. The fraction of sp³-hybridized carbons (Fsp3) is 0.300. The lowest BCUT2D eigenvalue weighted by Gasteiger charge is -2.23. The Labute approximate surface area is 143 Å². The molecule has 124 valence electrons. The number of carbonyl (C=O) groups excluding carboxylic acids is 1. The van der Waals surface area contributed by atoms with Crippen molar-refractivity contribution in [3.05, 3.63) is 65.7 Å². The van der Waals surface area contributed by atoms with Gasteiger partial charge in [-0.25, -0.2) is 0 Å². The molecule has 2 rings (SSSR count). The number of nitriles is 1. The van der Waals surface area contributed by atoms with Gasteiger partial charge in [0.15, 0.2) is 0 Å². The van der Waals surface area contributed by atoms with Gasteiger partial charge in [-0.15, -0.1) is 0 Å². The minimum atomic E-state index is -0.110. The van der Waals surface area contributed by atoms with Crippen LogP contribution >= 0.6 is 0 Å². The number of hydrogen-bond acceptors (Lipinski definition) is 3. The smallest absolute Gasteiger partial charge is 0.257 e. The van der Waals surface area contributed by atoms with Gasteiger partial charge < -0.3 is 9.64 Å². The number of nitrogens with zero attached hydrogens (tertiary/aromatic N) is 2. The Balaban J connectivity index is 2.22. The molecule has 24 heavy (non-hydrogen) atoms. The van der Waals surface area contributed by atoms with Crippen LogP contribution < -0.4 is 4.74 Å². The zero-order valence-corrected chi connectivity index (χ0v) is 13.9. The van der Waals surface area contributed by atoms with E-state index in [4.69, 9.17) is 10.00 Å². The molecule has 0 aliphatic carbocycles. The summed E-state index contributed by atoms with van der Waals surface area (Å²) in [6.07, 6.45) is 1.18. The Morgan fingerprint density at radius 3 is 2.54 bits per heavy atom. The molecule has 4 nitrogen and oxygen atoms in total. The van der Waals surface area contributed by atoms with Gasteiger partial charge in [0.1, 0.15) is 5.75 Å². The number of carbonyl (C=O) groups is 1. The third-order valence-electron chi connectivity index (χ3n) is 3.58. The van der Waals surface area contributed by atoms with Crippen molar-refractivity contribution in [2.45, 2.75) is 26.3 Å². The molecule has 0 radical (unpaired) electrons. The van der Waals surface area contributed by atoms with Gasteiger partial charge in [0.25, 0.3) is 5.91 Å². The molecule has 0 heterocycles. The molecule has 0 saturated heterocycles. The van der Waals surface area contributed by atoms with Gasteiger partial charge in [-0.3, -0.25) is 4.79 Å². The molecule has 0 fully saturated rings. The second kappa shape index (κ2) is 9.36. The number of para-hydroxylation sites is 1. The maximum Gasteiger partial charge on any atom is 0.257 e. The molecule has 4 heteroatoms. The Hall–Kier alpha value is -2.80. The SMILES string of the molecule is CCCOc1ccccc1C(=O)N(CCC#N)Cc1ccccc1. The summed E-state index contributed by atoms with van der Waals surface area (Å²) in [5.74, 6) is 0.486. The molecule has 0 aromatic heterocycles. The van der Waals surface area contributed by atoms with Crippen LogP contribution in [0.25, 0.3) is 0 Å². The van der Waals surface area contributed by atoms with Crippen LogP contribution in [0.3, 0.4) is 0 Å². The first-order valence-electron chi connectivity index (χ1n) is 8.18. The van der Waals surface area contributed by atoms with Crippen molar-refractivity contribution in [2.24, 2.45) is 0 Å². The highest BCUT2D eigenvalue weighted by Gasteiger charge is 2.19. The van der Waals surface area contributed by atoms with Crippen LogP contribution in [-0.2, 0) is 6.54 Å². The van der Waals surface area contributed by atoms with E-state index in [1.54, 1.807) is 11.0 Å². The molecule has 0 atom stereocenters. The minimum Gasteiger partial charge on any atom is -0.493 e. The lowest BCUT2D eigenvalue weighted by Crippen LogP contribution is -2.31. The van der Waals surface area contributed by atoms with Crippen LogP contribution in [0.4, 0.5) is 0 Å². The third-order valence-corrected chi connectivity index (χ3v) is 3.58. The van der Waals surface area contributed by atoms with Crippen molar-refractivity contribution in [1.82, 2.24) is 4.90 Å². The maximum atomic E-state index is 13.0. The number of ether oxygens (including phenoxy) is 1. The van der Waals surface area contributed by atoms with Gasteiger partial charge in [0.2, 0.25) is 0 Å². The zero-order chi connectivity index (χ0) is 17.2. The van der Waals surface area contributed by atoms with Crippen molar-refractivity contribution >= 4 is 5.91 Å². The lowest BCUT2D eigenvalue weighted by molar-refractivity contribution is 0.0742. The van der Waals surface area contributed by atoms with Crippen molar-refractivity contribution in [2.75, 3.05) is 13.2 Å². The lowest BCUT2D eigenvalue weighted by atomic mass is 10.1. The number of benzene rings is 2. The van der Waals surface area contributed by atoms with Crippen LogP contribution in [0.1, 0.15) is 35.7 Å². The molecule has 0 saturated carbocycles. The molecule has 0 aliphatic rings. The van der Waals surface area contributed by atoms with E-state index >= 15 is 0 Å². The van der Waals surface area contributed by atoms with E-state index in [2.05, 4.69) is 6.07 Å². The Kier molecular flexibility index (Phi) is 6.85. The van der Waals surface area contributed by atoms with Crippen molar-refractivity contribution in [3.8, 4) is 11.8 Å². The average molecular weight is 322 g/mol. The second-order valence-corrected chi connectivity index (χ2v) is 5.47. The summed E-state index contributed by atoms with van der Waals surface area (Å²) in [7, 11) is 0. The van der Waals surface area contributed by atoms with Gasteiger partial charge in [-0.2, -0.15) is 5.26 Å². The van der Waals surface area contributed by atoms with Crippen molar-refractivity contribution < 1.29 is 9.53 Å². The Morgan fingerprint density at radius 2 is 1.83 bits per heavy atom. The normalized spacial score (nSPS) is 10.0. The highest BCUT2D eigenvalue weighted by molar-refractivity contribution is 5.96. The quantitative estimate of drug-likeness (QED) is 0.737. The predicted molar refractivity (Wildman–Crippen MR) is 93.6 cm³/mol. The fourth-order valence-electron chi connectivity index (χ4n) is 2.39. The topological polar surface area (TPSA) is 53.3 Å².